The van der Waals surface area contributed by atoms with Crippen molar-refractivity contribution in [3.05, 3.63) is 20.2 Å². The molecule has 0 aliphatic heterocycles. The molecule has 0 rings (SSSR count). The Bertz CT molecular complexity index is 189. The molecule has 0 amide bonds. The number of aliphatic hydroxyl groups is 3. The molecular formula is C3H6N2O7. The van der Waals surface area contributed by atoms with Crippen LogP contribution in [-0.2, 0) is 0 Å². The Morgan fingerprint density at radius 2 is 1.67 bits per heavy atom. The van der Waals surface area contributed by atoms with Crippen LogP contribution in [0.3, 0.4) is 0 Å². The minimum Gasteiger partial charge on any atom is -0.393 e. The zero-order valence-corrected chi connectivity index (χ0v) is 5.65. The molecule has 9 heteroatoms. The van der Waals surface area contributed by atoms with Gasteiger partial charge in [0.15, 0.2) is 0 Å². The lowest BCUT2D eigenvalue weighted by atomic mass is 10.2. The highest BCUT2D eigenvalue weighted by Crippen LogP contribution is 2.11. The first kappa shape index (κ1) is 10.7. The maximum Gasteiger partial charge on any atom is 0.604 e. The molecular weight excluding hydrogens is 176 g/mol. The van der Waals surface area contributed by atoms with Crippen LogP contribution in [0.25, 0.3) is 0 Å². The van der Waals surface area contributed by atoms with Crippen LogP contribution in [-0.4, -0.2) is 43.7 Å². The van der Waals surface area contributed by atoms with Gasteiger partial charge in [0.25, 0.3) is 6.10 Å². The van der Waals surface area contributed by atoms with Gasteiger partial charge in [0.2, 0.25) is 0 Å². The Kier molecular flexibility index (Phi) is 3.01. The average molecular weight is 182 g/mol. The van der Waals surface area contributed by atoms with Gasteiger partial charge in [-0.05, 0) is 0 Å². The average Bonchev–Trinajstić information content (AvgIpc) is 2.00. The molecule has 0 bridgehead atoms. The number of aliphatic hydroxyl groups excluding tert-OH is 2. The molecule has 0 aromatic carbocycles. The van der Waals surface area contributed by atoms with Gasteiger partial charge in [-0.3, -0.25) is 25.3 Å². The zero-order chi connectivity index (χ0) is 9.94. The Labute approximate surface area is 65.2 Å². The van der Waals surface area contributed by atoms with Crippen LogP contribution in [0.5, 0.6) is 0 Å². The first-order valence-corrected chi connectivity index (χ1v) is 2.67. The summed E-state index contributed by atoms with van der Waals surface area (Å²) in [4.78, 5) is 16.4. The fourth-order valence-electron chi connectivity index (χ4n) is 0.432. The summed E-state index contributed by atoms with van der Waals surface area (Å²) in [6.45, 7) is -1.28. The number of hydrogen-bond acceptors (Lipinski definition) is 7. The van der Waals surface area contributed by atoms with Gasteiger partial charge in [0, 0.05) is 0 Å². The molecule has 0 fully saturated rings. The number of nitrogens with zero attached hydrogens (tertiary/aromatic N) is 2. The summed E-state index contributed by atoms with van der Waals surface area (Å²) in [7, 11) is 0. The predicted molar refractivity (Wildman–Crippen MR) is 32.0 cm³/mol. The lowest BCUT2D eigenvalue weighted by Crippen LogP contribution is -2.57. The third-order valence-corrected chi connectivity index (χ3v) is 1.16. The van der Waals surface area contributed by atoms with Crippen LogP contribution < -0.4 is 0 Å². The topological polar surface area (TPSA) is 147 Å². The molecule has 0 aliphatic rings. The highest BCUT2D eigenvalue weighted by molar-refractivity contribution is 4.63. The van der Waals surface area contributed by atoms with Crippen molar-refractivity contribution in [2.24, 2.45) is 0 Å². The van der Waals surface area contributed by atoms with Gasteiger partial charge in [-0.1, -0.05) is 0 Å². The summed E-state index contributed by atoms with van der Waals surface area (Å²) < 4.78 is 0. The third kappa shape index (κ3) is 1.47. The molecule has 1 unspecified atom stereocenters. The largest absolute Gasteiger partial charge is 0.604 e. The summed E-state index contributed by atoms with van der Waals surface area (Å²) >= 11 is 0. The summed E-state index contributed by atoms with van der Waals surface area (Å²) in [6.07, 6.45) is -2.46. The Morgan fingerprint density at radius 1 is 1.33 bits per heavy atom. The fraction of sp³-hybridized carbons (Fsp3) is 1.00. The quantitative estimate of drug-likeness (QED) is 0.248. The van der Waals surface area contributed by atoms with Crippen molar-refractivity contribution >= 4 is 0 Å². The second-order valence-electron chi connectivity index (χ2n) is 1.90. The monoisotopic (exact) mass is 182 g/mol. The molecule has 0 aromatic rings. The van der Waals surface area contributed by atoms with Crippen LogP contribution in [0.1, 0.15) is 0 Å². The number of rotatable bonds is 4. The van der Waals surface area contributed by atoms with E-state index in [-0.39, 0.29) is 0 Å². The van der Waals surface area contributed by atoms with Crippen LogP contribution >= 0.6 is 0 Å². The Hall–Kier alpha value is -1.32. The van der Waals surface area contributed by atoms with E-state index < -0.39 is 28.4 Å². The van der Waals surface area contributed by atoms with Crippen molar-refractivity contribution in [2.75, 3.05) is 6.61 Å². The summed E-state index contributed by atoms with van der Waals surface area (Å²) in [5.74, 6) is -3.74. The molecule has 0 saturated carbocycles. The van der Waals surface area contributed by atoms with Crippen LogP contribution in [0.4, 0.5) is 0 Å². The van der Waals surface area contributed by atoms with E-state index in [1.54, 1.807) is 0 Å². The first-order valence-electron chi connectivity index (χ1n) is 2.67. The SMILES string of the molecule is O=[N+]([O-])C(O)(C(O)CO)[N+](=O)[O-]. The van der Waals surface area contributed by atoms with Gasteiger partial charge < -0.3 is 10.2 Å². The standard InChI is InChI=1S/C3H6N2O7/c6-1-2(7)3(8,4(9)10)5(11)12/h2,6-8H,1H2. The normalized spacial score (nSPS) is 13.9. The van der Waals surface area contributed by atoms with Crippen molar-refractivity contribution in [1.82, 2.24) is 0 Å². The molecule has 0 heterocycles. The van der Waals surface area contributed by atoms with Crippen molar-refractivity contribution in [3.63, 3.8) is 0 Å². The van der Waals surface area contributed by atoms with Crippen molar-refractivity contribution in [2.45, 2.75) is 12.0 Å². The van der Waals surface area contributed by atoms with Gasteiger partial charge in [0.1, 0.15) is 9.85 Å². The molecule has 0 spiro atoms. The second-order valence-corrected chi connectivity index (χ2v) is 1.90. The van der Waals surface area contributed by atoms with E-state index in [1.807, 2.05) is 0 Å². The molecule has 0 radical (unpaired) electrons. The highest BCUT2D eigenvalue weighted by atomic mass is 16.7. The van der Waals surface area contributed by atoms with E-state index in [4.69, 9.17) is 15.3 Å². The predicted octanol–water partition coefficient (Wildman–Crippen LogP) is -2.46. The molecule has 0 aromatic heterocycles. The maximum absolute atomic E-state index is 9.91. The zero-order valence-electron chi connectivity index (χ0n) is 5.65. The van der Waals surface area contributed by atoms with Gasteiger partial charge in [-0.15, -0.1) is 0 Å². The van der Waals surface area contributed by atoms with Crippen LogP contribution in [0.2, 0.25) is 0 Å². The van der Waals surface area contributed by atoms with Gasteiger partial charge in [0.05, 0.1) is 6.61 Å². The van der Waals surface area contributed by atoms with E-state index in [1.165, 1.54) is 0 Å². The summed E-state index contributed by atoms with van der Waals surface area (Å²) in [5, 5.41) is 45.1. The number of nitro groups is 2. The van der Waals surface area contributed by atoms with Gasteiger partial charge >= 0.3 is 5.85 Å². The van der Waals surface area contributed by atoms with Crippen molar-refractivity contribution in [3.8, 4) is 0 Å². The van der Waals surface area contributed by atoms with E-state index in [0.29, 0.717) is 0 Å². The lowest BCUT2D eigenvalue weighted by molar-refractivity contribution is -0.857. The molecule has 3 N–H and O–H groups in total. The molecule has 9 nitrogen and oxygen atoms in total. The third-order valence-electron chi connectivity index (χ3n) is 1.16. The van der Waals surface area contributed by atoms with Crippen molar-refractivity contribution in [1.29, 1.82) is 0 Å². The van der Waals surface area contributed by atoms with Gasteiger partial charge in [-0.25, -0.2) is 0 Å². The van der Waals surface area contributed by atoms with E-state index in [9.17, 15) is 20.2 Å². The highest BCUT2D eigenvalue weighted by Gasteiger charge is 2.62. The second kappa shape index (κ2) is 3.38. The van der Waals surface area contributed by atoms with Crippen LogP contribution in [0, 0.1) is 20.2 Å². The minimum atomic E-state index is -3.74. The molecule has 0 aliphatic carbocycles. The summed E-state index contributed by atoms with van der Waals surface area (Å²) in [5.41, 5.74) is 0. The van der Waals surface area contributed by atoms with Crippen molar-refractivity contribution < 1.29 is 25.2 Å². The Balaban J connectivity index is 4.87. The van der Waals surface area contributed by atoms with Crippen LogP contribution in [0.15, 0.2) is 0 Å². The number of hydrogen-bond donors (Lipinski definition) is 3. The molecule has 1 atom stereocenters. The maximum atomic E-state index is 9.91. The van der Waals surface area contributed by atoms with E-state index in [2.05, 4.69) is 0 Å². The first-order chi connectivity index (χ1) is 5.37. The minimum absolute atomic E-state index is 1.28. The molecule has 12 heavy (non-hydrogen) atoms. The lowest BCUT2D eigenvalue weighted by Gasteiger charge is -2.13. The summed E-state index contributed by atoms with van der Waals surface area (Å²) in [6, 6.07) is 0. The van der Waals surface area contributed by atoms with E-state index in [0.717, 1.165) is 0 Å². The fourth-order valence-corrected chi connectivity index (χ4v) is 0.432. The molecule has 70 valence electrons. The molecule has 0 saturated heterocycles. The smallest absolute Gasteiger partial charge is 0.393 e. The van der Waals surface area contributed by atoms with E-state index >= 15 is 0 Å². The van der Waals surface area contributed by atoms with Gasteiger partial charge in [-0.2, -0.15) is 0 Å². The Morgan fingerprint density at radius 3 is 1.75 bits per heavy atom.